The molecule has 4 rings (SSSR count). The molecule has 2 heterocycles. The van der Waals surface area contributed by atoms with E-state index < -0.39 is 5.41 Å². The van der Waals surface area contributed by atoms with Crippen LogP contribution >= 0.6 is 0 Å². The van der Waals surface area contributed by atoms with Crippen molar-refractivity contribution in [2.24, 2.45) is 5.92 Å². The Morgan fingerprint density at radius 1 is 1.35 bits per heavy atom. The number of nitrogens with zero attached hydrogens (tertiary/aromatic N) is 3. The van der Waals surface area contributed by atoms with E-state index in [4.69, 9.17) is 0 Å². The highest BCUT2D eigenvalue weighted by Crippen LogP contribution is 2.48. The zero-order valence-electron chi connectivity index (χ0n) is 15.0. The van der Waals surface area contributed by atoms with E-state index in [9.17, 15) is 9.59 Å². The van der Waals surface area contributed by atoms with E-state index in [0.717, 1.165) is 24.1 Å². The van der Waals surface area contributed by atoms with Gasteiger partial charge in [-0.3, -0.25) is 9.59 Å². The molecule has 1 aromatic heterocycles. The molecule has 1 saturated carbocycles. The number of carbonyl (C=O) groups excluding carboxylic acids is 2. The largest absolute Gasteiger partial charge is 0.350 e. The van der Waals surface area contributed by atoms with Crippen LogP contribution in [0.5, 0.6) is 0 Å². The van der Waals surface area contributed by atoms with Gasteiger partial charge in [-0.2, -0.15) is 0 Å². The van der Waals surface area contributed by atoms with Crippen molar-refractivity contribution >= 4 is 11.8 Å². The molecule has 7 nitrogen and oxygen atoms in total. The Labute approximate surface area is 152 Å². The number of rotatable bonds is 5. The van der Waals surface area contributed by atoms with Crippen molar-refractivity contribution in [3.8, 4) is 0 Å². The molecule has 1 fully saturated rings. The first kappa shape index (κ1) is 16.8. The zero-order valence-corrected chi connectivity index (χ0v) is 15.0. The molecule has 2 aromatic rings. The third kappa shape index (κ3) is 2.67. The summed E-state index contributed by atoms with van der Waals surface area (Å²) in [5.41, 5.74) is 2.25. The summed E-state index contributed by atoms with van der Waals surface area (Å²) < 4.78 is 1.70. The van der Waals surface area contributed by atoms with Gasteiger partial charge in [-0.15, -0.1) is 5.10 Å². The highest BCUT2D eigenvalue weighted by molar-refractivity contribution is 5.91. The van der Waals surface area contributed by atoms with Gasteiger partial charge in [0.05, 0.1) is 24.2 Å². The quantitative estimate of drug-likeness (QED) is 0.851. The van der Waals surface area contributed by atoms with Gasteiger partial charge in [0.15, 0.2) is 0 Å². The minimum atomic E-state index is -0.400. The lowest BCUT2D eigenvalue weighted by molar-refractivity contribution is -0.127. The Morgan fingerprint density at radius 2 is 2.08 bits per heavy atom. The molecule has 1 aromatic carbocycles. The number of hydrogen-bond donors (Lipinski definition) is 2. The number of aromatic nitrogens is 3. The summed E-state index contributed by atoms with van der Waals surface area (Å²) in [6.07, 6.45) is 1.74. The lowest BCUT2D eigenvalue weighted by Crippen LogP contribution is -2.42. The van der Waals surface area contributed by atoms with Crippen molar-refractivity contribution in [3.05, 3.63) is 47.3 Å². The van der Waals surface area contributed by atoms with Gasteiger partial charge in [-0.25, -0.2) is 4.68 Å². The third-order valence-electron chi connectivity index (χ3n) is 5.39. The monoisotopic (exact) mass is 353 g/mol. The first-order valence-corrected chi connectivity index (χ1v) is 9.07. The van der Waals surface area contributed by atoms with E-state index in [1.807, 2.05) is 44.2 Å². The molecule has 1 unspecified atom stereocenters. The third-order valence-corrected chi connectivity index (χ3v) is 5.39. The molecule has 1 atom stereocenters. The molecule has 2 aliphatic rings. The molecular weight excluding hydrogens is 330 g/mol. The fraction of sp³-hybridized carbons (Fsp3) is 0.474. The molecule has 0 bridgehead atoms. The van der Waals surface area contributed by atoms with Crippen molar-refractivity contribution in [3.63, 3.8) is 0 Å². The van der Waals surface area contributed by atoms with Crippen molar-refractivity contribution in [2.45, 2.75) is 51.2 Å². The molecule has 0 spiro atoms. The van der Waals surface area contributed by atoms with Gasteiger partial charge in [-0.05, 0) is 24.3 Å². The molecule has 2 N–H and O–H groups in total. The normalized spacial score (nSPS) is 20.4. The summed E-state index contributed by atoms with van der Waals surface area (Å²) in [6, 6.07) is 9.56. The van der Waals surface area contributed by atoms with E-state index in [-0.39, 0.29) is 23.8 Å². The van der Waals surface area contributed by atoms with Gasteiger partial charge < -0.3 is 10.6 Å². The predicted octanol–water partition coefficient (Wildman–Crippen LogP) is 1.45. The number of hydrogen-bond acceptors (Lipinski definition) is 4. The highest BCUT2D eigenvalue weighted by atomic mass is 16.2. The second-order valence-corrected chi connectivity index (χ2v) is 7.46. The van der Waals surface area contributed by atoms with E-state index in [1.165, 1.54) is 0 Å². The molecule has 1 aliphatic carbocycles. The number of amides is 2. The fourth-order valence-electron chi connectivity index (χ4n) is 3.72. The second-order valence-electron chi connectivity index (χ2n) is 7.46. The lowest BCUT2D eigenvalue weighted by atomic mass is 9.95. The van der Waals surface area contributed by atoms with Gasteiger partial charge in [-0.1, -0.05) is 49.4 Å². The van der Waals surface area contributed by atoms with Crippen LogP contribution in [-0.2, 0) is 28.1 Å². The number of carbonyl (C=O) groups is 2. The van der Waals surface area contributed by atoms with Crippen molar-refractivity contribution in [2.75, 3.05) is 0 Å². The van der Waals surface area contributed by atoms with E-state index >= 15 is 0 Å². The minimum absolute atomic E-state index is 0.0331. The highest BCUT2D eigenvalue weighted by Gasteiger charge is 2.51. The fourth-order valence-corrected chi connectivity index (χ4v) is 3.72. The Balaban J connectivity index is 1.49. The minimum Gasteiger partial charge on any atom is -0.350 e. The second kappa shape index (κ2) is 6.23. The summed E-state index contributed by atoms with van der Waals surface area (Å²) in [6.45, 7) is 4.69. The predicted molar refractivity (Wildman–Crippen MR) is 94.9 cm³/mol. The molecule has 2 amide bonds. The summed E-state index contributed by atoms with van der Waals surface area (Å²) in [7, 11) is 0. The molecule has 1 aliphatic heterocycles. The van der Waals surface area contributed by atoms with Crippen LogP contribution in [0.2, 0.25) is 0 Å². The Morgan fingerprint density at radius 3 is 2.73 bits per heavy atom. The maximum Gasteiger partial charge on any atom is 0.245 e. The molecule has 0 saturated heterocycles. The van der Waals surface area contributed by atoms with Crippen LogP contribution in [0.3, 0.4) is 0 Å². The Bertz CT molecular complexity index is 839. The Kier molecular flexibility index (Phi) is 4.01. The van der Waals surface area contributed by atoms with E-state index in [0.29, 0.717) is 18.8 Å². The SMILES string of the molecule is CC(C)C1C(=O)NCc2c(CNC(=O)C3(c4ccccc4)CC3)nnn21. The van der Waals surface area contributed by atoms with Crippen molar-refractivity contribution < 1.29 is 9.59 Å². The summed E-state index contributed by atoms with van der Waals surface area (Å²) in [5.74, 6) is 0.116. The maximum absolute atomic E-state index is 12.8. The lowest BCUT2D eigenvalue weighted by Gasteiger charge is -2.26. The summed E-state index contributed by atoms with van der Waals surface area (Å²) >= 11 is 0. The van der Waals surface area contributed by atoms with Crippen LogP contribution in [0.1, 0.15) is 49.7 Å². The maximum atomic E-state index is 12.8. The average Bonchev–Trinajstić information content (AvgIpc) is 3.36. The standard InChI is InChI=1S/C19H23N5O2/c1-12(2)16-17(25)20-11-15-14(22-23-24(15)16)10-21-18(26)19(8-9-19)13-6-4-3-5-7-13/h3-7,12,16H,8-11H2,1-2H3,(H,20,25)(H,21,26). The first-order valence-electron chi connectivity index (χ1n) is 9.07. The number of benzene rings is 1. The smallest absolute Gasteiger partial charge is 0.245 e. The first-order chi connectivity index (χ1) is 12.5. The van der Waals surface area contributed by atoms with Gasteiger partial charge in [0.2, 0.25) is 11.8 Å². The van der Waals surface area contributed by atoms with Gasteiger partial charge in [0.1, 0.15) is 11.7 Å². The van der Waals surface area contributed by atoms with Crippen LogP contribution in [0.25, 0.3) is 0 Å². The van der Waals surface area contributed by atoms with Crippen LogP contribution < -0.4 is 10.6 Å². The Hall–Kier alpha value is -2.70. The van der Waals surface area contributed by atoms with Gasteiger partial charge in [0.25, 0.3) is 0 Å². The summed E-state index contributed by atoms with van der Waals surface area (Å²) in [4.78, 5) is 24.9. The average molecular weight is 353 g/mol. The van der Waals surface area contributed by atoms with E-state index in [1.54, 1.807) is 4.68 Å². The number of nitrogens with one attached hydrogen (secondary N) is 2. The van der Waals surface area contributed by atoms with Crippen LogP contribution in [-0.4, -0.2) is 26.8 Å². The molecule has 26 heavy (non-hydrogen) atoms. The summed E-state index contributed by atoms with van der Waals surface area (Å²) in [5, 5.41) is 14.3. The van der Waals surface area contributed by atoms with Gasteiger partial charge in [0, 0.05) is 0 Å². The van der Waals surface area contributed by atoms with E-state index in [2.05, 4.69) is 20.9 Å². The topological polar surface area (TPSA) is 88.9 Å². The van der Waals surface area contributed by atoms with Crippen LogP contribution in [0.4, 0.5) is 0 Å². The van der Waals surface area contributed by atoms with Crippen LogP contribution in [0.15, 0.2) is 30.3 Å². The number of fused-ring (bicyclic) bond motifs is 1. The molecule has 136 valence electrons. The van der Waals surface area contributed by atoms with Crippen molar-refractivity contribution in [1.82, 2.24) is 25.6 Å². The van der Waals surface area contributed by atoms with Gasteiger partial charge >= 0.3 is 0 Å². The van der Waals surface area contributed by atoms with Crippen molar-refractivity contribution in [1.29, 1.82) is 0 Å². The molecule has 7 heteroatoms. The van der Waals surface area contributed by atoms with Crippen LogP contribution in [0, 0.1) is 5.92 Å². The molecular formula is C19H23N5O2. The molecule has 0 radical (unpaired) electrons. The zero-order chi connectivity index (χ0) is 18.3.